The fourth-order valence-electron chi connectivity index (χ4n) is 2.83. The number of halogens is 1. The van der Waals surface area contributed by atoms with Crippen molar-refractivity contribution in [3.8, 4) is 5.75 Å². The first-order valence-corrected chi connectivity index (χ1v) is 7.81. The minimum absolute atomic E-state index is 0.125. The molecular weight excluding hydrogens is 274 g/mol. The first kappa shape index (κ1) is 15.2. The molecule has 1 aliphatic rings. The molecule has 4 heteroatoms. The number of carbonyl (C=O) groups is 1. The number of hydrogen-bond donors (Lipinski definition) is 1. The zero-order valence-electron chi connectivity index (χ0n) is 12.1. The van der Waals surface area contributed by atoms with Crippen LogP contribution < -0.4 is 10.1 Å². The number of hydrogen-bond acceptors (Lipinski definition) is 2. The summed E-state index contributed by atoms with van der Waals surface area (Å²) in [7, 11) is 0. The lowest BCUT2D eigenvalue weighted by Gasteiger charge is -2.16. The summed E-state index contributed by atoms with van der Waals surface area (Å²) in [6, 6.07) is 5.64. The summed E-state index contributed by atoms with van der Waals surface area (Å²) in [5.74, 6) is 1.90. The summed E-state index contributed by atoms with van der Waals surface area (Å²) in [5, 5.41) is 3.01. The molecule has 1 amide bonds. The first-order chi connectivity index (χ1) is 9.65. The van der Waals surface area contributed by atoms with E-state index >= 15 is 0 Å². The van der Waals surface area contributed by atoms with E-state index in [0.29, 0.717) is 18.4 Å². The number of alkyl halides is 1. The Morgan fingerprint density at radius 1 is 1.45 bits per heavy atom. The van der Waals surface area contributed by atoms with Gasteiger partial charge >= 0.3 is 0 Å². The van der Waals surface area contributed by atoms with Gasteiger partial charge in [-0.1, -0.05) is 13.3 Å². The molecule has 0 bridgehead atoms. The van der Waals surface area contributed by atoms with E-state index < -0.39 is 0 Å². The highest BCUT2D eigenvalue weighted by Crippen LogP contribution is 2.32. The third kappa shape index (κ3) is 3.45. The van der Waals surface area contributed by atoms with Gasteiger partial charge in [-0.15, -0.1) is 11.6 Å². The van der Waals surface area contributed by atoms with Crippen LogP contribution in [0.5, 0.6) is 5.75 Å². The monoisotopic (exact) mass is 295 g/mol. The normalized spacial score (nSPS) is 21.8. The second-order valence-electron chi connectivity index (χ2n) is 5.39. The van der Waals surface area contributed by atoms with Crippen molar-refractivity contribution in [1.82, 2.24) is 0 Å². The summed E-state index contributed by atoms with van der Waals surface area (Å²) < 4.78 is 5.51. The highest BCUT2D eigenvalue weighted by atomic mass is 35.5. The summed E-state index contributed by atoms with van der Waals surface area (Å²) in [6.45, 7) is 4.70. The molecule has 1 saturated carbocycles. The molecule has 2 rings (SSSR count). The maximum atomic E-state index is 12.3. The molecule has 0 spiro atoms. The van der Waals surface area contributed by atoms with Crippen molar-refractivity contribution in [2.75, 3.05) is 11.9 Å². The van der Waals surface area contributed by atoms with Crippen molar-refractivity contribution >= 4 is 23.2 Å². The summed E-state index contributed by atoms with van der Waals surface area (Å²) in [6.07, 6.45) is 3.29. The van der Waals surface area contributed by atoms with Crippen molar-refractivity contribution in [2.45, 2.75) is 39.0 Å². The topological polar surface area (TPSA) is 38.3 Å². The largest absolute Gasteiger partial charge is 0.494 e. The minimum atomic E-state index is 0.125. The lowest BCUT2D eigenvalue weighted by atomic mass is 9.97. The number of rotatable bonds is 5. The molecule has 110 valence electrons. The van der Waals surface area contributed by atoms with E-state index in [9.17, 15) is 4.79 Å². The molecule has 0 saturated heterocycles. The third-order valence-corrected chi connectivity index (χ3v) is 4.26. The molecule has 1 aromatic carbocycles. The Hall–Kier alpha value is -1.22. The number of nitrogens with one attached hydrogen (secondary N) is 1. The van der Waals surface area contributed by atoms with Crippen molar-refractivity contribution in [2.24, 2.45) is 11.8 Å². The Labute approximate surface area is 125 Å². The van der Waals surface area contributed by atoms with Gasteiger partial charge < -0.3 is 10.1 Å². The van der Waals surface area contributed by atoms with Crippen molar-refractivity contribution in [1.29, 1.82) is 0 Å². The molecule has 0 heterocycles. The van der Waals surface area contributed by atoms with Gasteiger partial charge in [0.15, 0.2) is 0 Å². The van der Waals surface area contributed by atoms with Gasteiger partial charge in [0.05, 0.1) is 12.5 Å². The zero-order valence-corrected chi connectivity index (χ0v) is 12.9. The molecule has 20 heavy (non-hydrogen) atoms. The van der Waals surface area contributed by atoms with Crippen molar-refractivity contribution < 1.29 is 9.53 Å². The van der Waals surface area contributed by atoms with Gasteiger partial charge in [0.25, 0.3) is 0 Å². The Balaban J connectivity index is 2.07. The minimum Gasteiger partial charge on any atom is -0.494 e. The number of benzene rings is 1. The molecule has 1 N–H and O–H groups in total. The quantitative estimate of drug-likeness (QED) is 0.827. The van der Waals surface area contributed by atoms with E-state index in [0.717, 1.165) is 36.3 Å². The van der Waals surface area contributed by atoms with Crippen LogP contribution in [0.2, 0.25) is 0 Å². The van der Waals surface area contributed by atoms with E-state index in [1.165, 1.54) is 0 Å². The van der Waals surface area contributed by atoms with Gasteiger partial charge in [-0.25, -0.2) is 0 Å². The van der Waals surface area contributed by atoms with Crippen LogP contribution in [0.4, 0.5) is 5.69 Å². The summed E-state index contributed by atoms with van der Waals surface area (Å²) in [5.41, 5.74) is 1.71. The van der Waals surface area contributed by atoms with Crippen molar-refractivity contribution in [3.63, 3.8) is 0 Å². The van der Waals surface area contributed by atoms with Crippen LogP contribution in [-0.4, -0.2) is 12.5 Å². The number of carbonyl (C=O) groups excluding carboxylic acids is 1. The zero-order chi connectivity index (χ0) is 14.5. The lowest BCUT2D eigenvalue weighted by molar-refractivity contribution is -0.120. The number of anilines is 1. The molecule has 3 nitrogen and oxygen atoms in total. The lowest BCUT2D eigenvalue weighted by Crippen LogP contribution is -2.24. The number of ether oxygens (including phenoxy) is 1. The third-order valence-electron chi connectivity index (χ3n) is 3.97. The van der Waals surface area contributed by atoms with Gasteiger partial charge in [0.2, 0.25) is 5.91 Å². The van der Waals surface area contributed by atoms with Crippen LogP contribution in [0, 0.1) is 11.8 Å². The Morgan fingerprint density at radius 2 is 2.25 bits per heavy atom. The second-order valence-corrected chi connectivity index (χ2v) is 5.66. The standard InChI is InChI=1S/C16H22ClNO2/c1-3-20-15-8-7-13(9-12(15)10-17)18-16(19)14-6-4-5-11(14)2/h7-9,11,14H,3-6,10H2,1-2H3,(H,18,19). The SMILES string of the molecule is CCOc1ccc(NC(=O)C2CCCC2C)cc1CCl. The van der Waals surface area contributed by atoms with Crippen LogP contribution in [0.3, 0.4) is 0 Å². The first-order valence-electron chi connectivity index (χ1n) is 7.28. The molecule has 1 fully saturated rings. The highest BCUT2D eigenvalue weighted by Gasteiger charge is 2.29. The van der Waals surface area contributed by atoms with Crippen LogP contribution in [0.15, 0.2) is 18.2 Å². The molecule has 1 aliphatic carbocycles. The van der Waals surface area contributed by atoms with Gasteiger partial charge in [-0.3, -0.25) is 4.79 Å². The van der Waals surface area contributed by atoms with E-state index in [1.54, 1.807) is 0 Å². The van der Waals surface area contributed by atoms with Crippen LogP contribution in [0.1, 0.15) is 38.7 Å². The predicted octanol–water partition coefficient (Wildman–Crippen LogP) is 4.20. The average Bonchev–Trinajstić information content (AvgIpc) is 2.87. The molecule has 0 aromatic heterocycles. The predicted molar refractivity (Wildman–Crippen MR) is 82.3 cm³/mol. The Kier molecular flexibility index (Phi) is 5.30. The fraction of sp³-hybridized carbons (Fsp3) is 0.562. The molecule has 1 aromatic rings. The van der Waals surface area contributed by atoms with Gasteiger partial charge in [0.1, 0.15) is 5.75 Å². The fourth-order valence-corrected chi connectivity index (χ4v) is 3.04. The number of amides is 1. The van der Waals surface area contributed by atoms with E-state index in [1.807, 2.05) is 25.1 Å². The maximum absolute atomic E-state index is 12.3. The van der Waals surface area contributed by atoms with Gasteiger partial charge in [0, 0.05) is 17.2 Å². The molecule has 0 radical (unpaired) electrons. The average molecular weight is 296 g/mol. The molecule has 2 atom stereocenters. The Morgan fingerprint density at radius 3 is 2.85 bits per heavy atom. The molecule has 2 unspecified atom stereocenters. The molecule has 0 aliphatic heterocycles. The van der Waals surface area contributed by atoms with E-state index in [2.05, 4.69) is 12.2 Å². The molecular formula is C16H22ClNO2. The second kappa shape index (κ2) is 6.98. The van der Waals surface area contributed by atoms with Crippen LogP contribution in [-0.2, 0) is 10.7 Å². The van der Waals surface area contributed by atoms with E-state index in [-0.39, 0.29) is 11.8 Å². The van der Waals surface area contributed by atoms with Crippen LogP contribution >= 0.6 is 11.6 Å². The van der Waals surface area contributed by atoms with Crippen molar-refractivity contribution in [3.05, 3.63) is 23.8 Å². The highest BCUT2D eigenvalue weighted by molar-refractivity contribution is 6.17. The Bertz CT molecular complexity index is 476. The maximum Gasteiger partial charge on any atom is 0.227 e. The smallest absolute Gasteiger partial charge is 0.227 e. The van der Waals surface area contributed by atoms with Crippen LogP contribution in [0.25, 0.3) is 0 Å². The van der Waals surface area contributed by atoms with Gasteiger partial charge in [-0.2, -0.15) is 0 Å². The summed E-state index contributed by atoms with van der Waals surface area (Å²) in [4.78, 5) is 12.3. The summed E-state index contributed by atoms with van der Waals surface area (Å²) >= 11 is 5.93. The van der Waals surface area contributed by atoms with Gasteiger partial charge in [-0.05, 0) is 43.9 Å². The van der Waals surface area contributed by atoms with E-state index in [4.69, 9.17) is 16.3 Å².